The number of hydrogen-bond donors (Lipinski definition) is 1. The first-order valence-electron chi connectivity index (χ1n) is 5.21. The highest BCUT2D eigenvalue weighted by molar-refractivity contribution is 9.10. The largest absolute Gasteiger partial charge is 0.330 e. The van der Waals surface area contributed by atoms with Gasteiger partial charge in [-0.05, 0) is 30.7 Å². The van der Waals surface area contributed by atoms with Gasteiger partial charge in [0, 0.05) is 16.8 Å². The number of ketones is 1. The molecule has 0 aliphatic carbocycles. The van der Waals surface area contributed by atoms with Gasteiger partial charge >= 0.3 is 0 Å². The maximum Gasteiger partial charge on any atom is 0.140 e. The lowest BCUT2D eigenvalue weighted by molar-refractivity contribution is -0.121. The first kappa shape index (κ1) is 13.3. The minimum atomic E-state index is -0.345. The minimum Gasteiger partial charge on any atom is -0.330 e. The summed E-state index contributed by atoms with van der Waals surface area (Å²) < 4.78 is 14.1. The van der Waals surface area contributed by atoms with Crippen molar-refractivity contribution in [3.63, 3.8) is 0 Å². The third kappa shape index (κ3) is 3.68. The van der Waals surface area contributed by atoms with Gasteiger partial charge in [-0.3, -0.25) is 4.79 Å². The number of Topliss-reactive ketones (excluding diaryl/α,β-unsaturated/α-hetero) is 1. The molecule has 0 fully saturated rings. The SMILES string of the molecule is CC(CCN)C(=O)Cc1ccc(Br)cc1F. The zero-order valence-corrected chi connectivity index (χ0v) is 10.8. The van der Waals surface area contributed by atoms with E-state index in [0.29, 0.717) is 23.0 Å². The van der Waals surface area contributed by atoms with Crippen LogP contribution in [0.1, 0.15) is 18.9 Å². The van der Waals surface area contributed by atoms with Crippen molar-refractivity contribution in [1.82, 2.24) is 0 Å². The van der Waals surface area contributed by atoms with Gasteiger partial charge in [0.1, 0.15) is 11.6 Å². The van der Waals surface area contributed by atoms with Gasteiger partial charge in [-0.15, -0.1) is 0 Å². The van der Waals surface area contributed by atoms with E-state index in [1.807, 2.05) is 6.92 Å². The second-order valence-electron chi connectivity index (χ2n) is 3.86. The van der Waals surface area contributed by atoms with Crippen molar-refractivity contribution in [2.24, 2.45) is 11.7 Å². The van der Waals surface area contributed by atoms with Crippen LogP contribution in [0.5, 0.6) is 0 Å². The molecule has 1 unspecified atom stereocenters. The molecule has 0 aliphatic rings. The van der Waals surface area contributed by atoms with Gasteiger partial charge in [-0.1, -0.05) is 28.9 Å². The molecule has 0 aromatic heterocycles. The van der Waals surface area contributed by atoms with E-state index < -0.39 is 0 Å². The maximum atomic E-state index is 13.5. The van der Waals surface area contributed by atoms with Crippen LogP contribution < -0.4 is 5.73 Å². The number of halogens is 2. The van der Waals surface area contributed by atoms with Crippen LogP contribution in [0.4, 0.5) is 4.39 Å². The zero-order valence-electron chi connectivity index (χ0n) is 9.17. The van der Waals surface area contributed by atoms with Crippen molar-refractivity contribution in [3.8, 4) is 0 Å². The quantitative estimate of drug-likeness (QED) is 0.905. The molecule has 0 spiro atoms. The molecule has 0 bridgehead atoms. The fourth-order valence-corrected chi connectivity index (χ4v) is 1.77. The highest BCUT2D eigenvalue weighted by Crippen LogP contribution is 2.17. The number of benzene rings is 1. The van der Waals surface area contributed by atoms with Gasteiger partial charge in [0.15, 0.2) is 0 Å². The lowest BCUT2D eigenvalue weighted by atomic mass is 9.96. The summed E-state index contributed by atoms with van der Waals surface area (Å²) in [6.07, 6.45) is 0.789. The smallest absolute Gasteiger partial charge is 0.140 e. The molecular weight excluding hydrogens is 273 g/mol. The number of carbonyl (C=O) groups excluding carboxylic acids is 1. The Hall–Kier alpha value is -0.740. The van der Waals surface area contributed by atoms with Gasteiger partial charge in [0.25, 0.3) is 0 Å². The topological polar surface area (TPSA) is 43.1 Å². The average Bonchev–Trinajstić information content (AvgIpc) is 2.22. The zero-order chi connectivity index (χ0) is 12.1. The van der Waals surface area contributed by atoms with Gasteiger partial charge in [0.2, 0.25) is 0 Å². The Morgan fingerprint density at radius 3 is 2.81 bits per heavy atom. The van der Waals surface area contributed by atoms with Crippen molar-refractivity contribution in [3.05, 3.63) is 34.1 Å². The van der Waals surface area contributed by atoms with Crippen molar-refractivity contribution in [2.45, 2.75) is 19.8 Å². The summed E-state index contributed by atoms with van der Waals surface area (Å²) in [5.41, 5.74) is 5.82. The third-order valence-electron chi connectivity index (χ3n) is 2.53. The highest BCUT2D eigenvalue weighted by atomic mass is 79.9. The first-order valence-corrected chi connectivity index (χ1v) is 6.00. The standard InChI is InChI=1S/C12H15BrFNO/c1-8(4-5-15)12(16)6-9-2-3-10(13)7-11(9)14/h2-3,7-8H,4-6,15H2,1H3. The van der Waals surface area contributed by atoms with E-state index in [-0.39, 0.29) is 23.9 Å². The monoisotopic (exact) mass is 287 g/mol. The Morgan fingerprint density at radius 1 is 1.56 bits per heavy atom. The van der Waals surface area contributed by atoms with Crippen LogP contribution in [0.3, 0.4) is 0 Å². The summed E-state index contributed by atoms with van der Waals surface area (Å²) in [5, 5.41) is 0. The molecule has 88 valence electrons. The Labute approximate surface area is 103 Å². The maximum absolute atomic E-state index is 13.5. The highest BCUT2D eigenvalue weighted by Gasteiger charge is 2.14. The molecule has 0 aliphatic heterocycles. The normalized spacial score (nSPS) is 12.5. The fraction of sp³-hybridized carbons (Fsp3) is 0.417. The van der Waals surface area contributed by atoms with Gasteiger partial charge in [0.05, 0.1) is 0 Å². The Bertz CT molecular complexity index is 381. The van der Waals surface area contributed by atoms with Crippen molar-refractivity contribution >= 4 is 21.7 Å². The molecule has 0 saturated heterocycles. The van der Waals surface area contributed by atoms with Crippen LogP contribution in [0.15, 0.2) is 22.7 Å². The third-order valence-corrected chi connectivity index (χ3v) is 3.02. The number of rotatable bonds is 5. The molecule has 4 heteroatoms. The van der Waals surface area contributed by atoms with Crippen LogP contribution in [0.25, 0.3) is 0 Å². The van der Waals surface area contributed by atoms with E-state index >= 15 is 0 Å². The van der Waals surface area contributed by atoms with Crippen molar-refractivity contribution in [1.29, 1.82) is 0 Å². The van der Waals surface area contributed by atoms with E-state index in [4.69, 9.17) is 5.73 Å². The van der Waals surface area contributed by atoms with E-state index in [9.17, 15) is 9.18 Å². The minimum absolute atomic E-state index is 0.0340. The Morgan fingerprint density at radius 2 is 2.25 bits per heavy atom. The van der Waals surface area contributed by atoms with Crippen LogP contribution in [-0.4, -0.2) is 12.3 Å². The average molecular weight is 288 g/mol. The second-order valence-corrected chi connectivity index (χ2v) is 4.77. The molecule has 2 N–H and O–H groups in total. The number of hydrogen-bond acceptors (Lipinski definition) is 2. The molecule has 1 rings (SSSR count). The molecule has 2 nitrogen and oxygen atoms in total. The van der Waals surface area contributed by atoms with E-state index in [2.05, 4.69) is 15.9 Å². The van der Waals surface area contributed by atoms with Crippen LogP contribution in [0.2, 0.25) is 0 Å². The van der Waals surface area contributed by atoms with Crippen LogP contribution >= 0.6 is 15.9 Å². The summed E-state index contributed by atoms with van der Waals surface area (Å²) in [6, 6.07) is 4.74. The Kier molecular flexibility index (Phi) is 5.09. The lowest BCUT2D eigenvalue weighted by Crippen LogP contribution is -2.17. The molecule has 0 saturated carbocycles. The summed E-state index contributed by atoms with van der Waals surface area (Å²) in [4.78, 5) is 11.7. The molecule has 0 heterocycles. The summed E-state index contributed by atoms with van der Waals surface area (Å²) >= 11 is 3.17. The summed E-state index contributed by atoms with van der Waals surface area (Å²) in [6.45, 7) is 2.31. The van der Waals surface area contributed by atoms with E-state index in [1.165, 1.54) is 6.07 Å². The molecule has 0 radical (unpaired) electrons. The number of carbonyl (C=O) groups is 1. The van der Waals surface area contributed by atoms with E-state index in [1.54, 1.807) is 12.1 Å². The molecule has 1 aromatic carbocycles. The van der Waals surface area contributed by atoms with Crippen molar-refractivity contribution in [2.75, 3.05) is 6.54 Å². The summed E-state index contributed by atoms with van der Waals surface area (Å²) in [5.74, 6) is -0.414. The predicted molar refractivity (Wildman–Crippen MR) is 65.6 cm³/mol. The molecule has 0 amide bonds. The first-order chi connectivity index (χ1) is 7.54. The molecular formula is C12H15BrFNO. The lowest BCUT2D eigenvalue weighted by Gasteiger charge is -2.09. The molecule has 1 atom stereocenters. The fourth-order valence-electron chi connectivity index (χ4n) is 1.44. The van der Waals surface area contributed by atoms with Gasteiger partial charge in [-0.25, -0.2) is 4.39 Å². The van der Waals surface area contributed by atoms with E-state index in [0.717, 1.165) is 0 Å². The second kappa shape index (κ2) is 6.11. The Balaban J connectivity index is 2.69. The van der Waals surface area contributed by atoms with Crippen LogP contribution in [0, 0.1) is 11.7 Å². The molecule has 1 aromatic rings. The van der Waals surface area contributed by atoms with Crippen LogP contribution in [-0.2, 0) is 11.2 Å². The number of nitrogens with two attached hydrogens (primary N) is 1. The van der Waals surface area contributed by atoms with Crippen molar-refractivity contribution < 1.29 is 9.18 Å². The summed E-state index contributed by atoms with van der Waals surface area (Å²) in [7, 11) is 0. The van der Waals surface area contributed by atoms with Gasteiger partial charge < -0.3 is 5.73 Å². The molecule has 16 heavy (non-hydrogen) atoms. The predicted octanol–water partition coefficient (Wildman–Crippen LogP) is 2.68. The van der Waals surface area contributed by atoms with Gasteiger partial charge in [-0.2, -0.15) is 0 Å².